The third-order valence-corrected chi connectivity index (χ3v) is 11.1. The van der Waals surface area contributed by atoms with E-state index in [1.54, 1.807) is 6.07 Å². The molecule has 1 aromatic carbocycles. The lowest BCUT2D eigenvalue weighted by Gasteiger charge is -2.32. The Kier molecular flexibility index (Phi) is 17.1. The predicted octanol–water partition coefficient (Wildman–Crippen LogP) is 7.89. The minimum absolute atomic E-state index is 0.0793. The number of aliphatic hydroxyl groups excluding tert-OH is 1. The van der Waals surface area contributed by atoms with E-state index in [0.717, 1.165) is 37.8 Å². The molecule has 3 heterocycles. The van der Waals surface area contributed by atoms with Crippen molar-refractivity contribution in [2.45, 2.75) is 146 Å². The van der Waals surface area contributed by atoms with Crippen LogP contribution in [-0.4, -0.2) is 67.3 Å². The molecule has 15 heteroatoms. The van der Waals surface area contributed by atoms with Crippen LogP contribution in [0.25, 0.3) is 5.52 Å². The summed E-state index contributed by atoms with van der Waals surface area (Å²) in [5, 5.41) is 36.2. The number of benzene rings is 1. The fraction of sp³-hybridized carbons (Fsp3) is 0.667. The van der Waals surface area contributed by atoms with E-state index >= 15 is 0 Å². The smallest absolute Gasteiger partial charge is 0.472 e. The van der Waals surface area contributed by atoms with Crippen LogP contribution in [0.5, 0.6) is 5.75 Å². The van der Waals surface area contributed by atoms with E-state index in [4.69, 9.17) is 24.3 Å². The van der Waals surface area contributed by atoms with Crippen molar-refractivity contribution in [3.8, 4) is 11.8 Å². The molecule has 1 aliphatic rings. The van der Waals surface area contributed by atoms with E-state index in [-0.39, 0.29) is 36.0 Å². The molecule has 1 fully saturated rings. The Morgan fingerprint density at radius 2 is 1.63 bits per heavy atom. The van der Waals surface area contributed by atoms with E-state index in [9.17, 15) is 29.3 Å². The number of anilines is 1. The summed E-state index contributed by atoms with van der Waals surface area (Å²) in [4.78, 5) is 14.6. The van der Waals surface area contributed by atoms with Crippen molar-refractivity contribution in [1.82, 2.24) is 14.6 Å². The minimum Gasteiger partial charge on any atom is -0.488 e. The second-order valence-electron chi connectivity index (χ2n) is 14.7. The Hall–Kier alpha value is -3.15. The lowest BCUT2D eigenvalue weighted by atomic mass is 9.86. The molecule has 0 bridgehead atoms. The van der Waals surface area contributed by atoms with Gasteiger partial charge in [-0.05, 0) is 44.0 Å². The Bertz CT molecular complexity index is 1690. The summed E-state index contributed by atoms with van der Waals surface area (Å²) in [5.74, 6) is -0.364. The van der Waals surface area contributed by atoms with Crippen molar-refractivity contribution >= 4 is 19.2 Å². The molecular weight excluding hydrogens is 716 g/mol. The average Bonchev–Trinajstić information content (AvgIpc) is 3.69. The highest BCUT2D eigenvalue weighted by Gasteiger charge is 2.58. The van der Waals surface area contributed by atoms with Crippen LogP contribution in [0.4, 0.5) is 10.2 Å². The summed E-state index contributed by atoms with van der Waals surface area (Å²) in [6.45, 7) is 2.34. The Morgan fingerprint density at radius 1 is 1.02 bits per heavy atom. The van der Waals surface area contributed by atoms with Gasteiger partial charge in [-0.1, -0.05) is 103 Å². The van der Waals surface area contributed by atoms with Crippen LogP contribution in [0.15, 0.2) is 36.7 Å². The number of aromatic nitrogens is 3. The quantitative estimate of drug-likeness (QED) is 0.0456. The fourth-order valence-corrected chi connectivity index (χ4v) is 7.81. The van der Waals surface area contributed by atoms with Gasteiger partial charge in [0.25, 0.3) is 0 Å². The number of unbranched alkanes of at least 4 members (excludes halogenated alkanes) is 15. The van der Waals surface area contributed by atoms with Crippen molar-refractivity contribution in [2.24, 2.45) is 0 Å². The van der Waals surface area contributed by atoms with Crippen molar-refractivity contribution < 1.29 is 42.6 Å². The molecule has 2 aromatic heterocycles. The monoisotopic (exact) mass is 775 g/mol. The maximum absolute atomic E-state index is 14.2. The van der Waals surface area contributed by atoms with E-state index in [1.165, 1.54) is 107 Å². The van der Waals surface area contributed by atoms with Crippen LogP contribution in [0.3, 0.4) is 0 Å². The number of hydrogen-bond donors (Lipinski definition) is 4. The number of ether oxygens (including phenoxy) is 2. The summed E-state index contributed by atoms with van der Waals surface area (Å²) in [6, 6.07) is 8.67. The second kappa shape index (κ2) is 21.2. The van der Waals surface area contributed by atoms with Gasteiger partial charge in [0.1, 0.15) is 41.2 Å². The molecule has 0 aliphatic carbocycles. The van der Waals surface area contributed by atoms with Gasteiger partial charge in [-0.3, -0.25) is 9.05 Å². The molecule has 1 saturated heterocycles. The van der Waals surface area contributed by atoms with Crippen molar-refractivity contribution in [3.05, 3.63) is 53.7 Å². The van der Waals surface area contributed by atoms with Crippen LogP contribution in [0.1, 0.15) is 134 Å². The Labute approximate surface area is 318 Å². The van der Waals surface area contributed by atoms with Crippen molar-refractivity contribution in [1.29, 1.82) is 5.26 Å². The molecule has 0 radical (unpaired) electrons. The SMILES string of the molecule is CCCCCCCCCCCCCCCCCC[C@@H](COP(=O)(O)OC[C@@]1(C)OCC(O)(c2ccc3c(N)ncnn23)[C@@H]1O)Oc1cc(F)cc(C#N)c1. The topological polar surface area (TPSA) is 195 Å². The van der Waals surface area contributed by atoms with Gasteiger partial charge in [-0.2, -0.15) is 10.4 Å². The minimum atomic E-state index is -4.74. The van der Waals surface area contributed by atoms with Crippen LogP contribution in [0, 0.1) is 17.1 Å². The standard InChI is InChI=1S/C39H59FN5O8P/c1-3-4-5-6-7-8-9-10-11-12-13-14-15-16-17-18-19-32(53-33-23-30(25-41)22-31(40)24-33)26-51-54(48,49)52-27-38(2)37(46)39(47,28-50-38)35-21-20-34-36(42)43-29-44-45(34)35/h20-24,29,32,37,46-47H,3-19,26-28H2,1-2H3,(H,48,49)(H2,42,43,44)/t32-,37+,38+,39?/m0/s1. The first-order chi connectivity index (χ1) is 25.9. The Balaban J connectivity index is 1.22. The third kappa shape index (κ3) is 12.7. The number of nitrogens with two attached hydrogens (primary N) is 1. The molecule has 5 atom stereocenters. The number of phosphoric ester groups is 1. The third-order valence-electron chi connectivity index (χ3n) is 10.2. The number of halogens is 1. The van der Waals surface area contributed by atoms with Gasteiger partial charge in [-0.25, -0.2) is 18.5 Å². The predicted molar refractivity (Wildman–Crippen MR) is 203 cm³/mol. The molecule has 13 nitrogen and oxygen atoms in total. The van der Waals surface area contributed by atoms with Crippen LogP contribution in [-0.2, 0) is 24.0 Å². The maximum atomic E-state index is 14.2. The highest BCUT2D eigenvalue weighted by atomic mass is 31.2. The van der Waals surface area contributed by atoms with E-state index < -0.39 is 43.7 Å². The lowest BCUT2D eigenvalue weighted by molar-refractivity contribution is -0.0998. The molecule has 0 spiro atoms. The molecule has 1 aliphatic heterocycles. The van der Waals surface area contributed by atoms with Crippen molar-refractivity contribution in [2.75, 3.05) is 25.6 Å². The average molecular weight is 776 g/mol. The maximum Gasteiger partial charge on any atom is 0.472 e. The highest BCUT2D eigenvalue weighted by molar-refractivity contribution is 7.47. The summed E-state index contributed by atoms with van der Waals surface area (Å²) in [5.41, 5.74) is 3.04. The van der Waals surface area contributed by atoms with Crippen molar-refractivity contribution in [3.63, 3.8) is 0 Å². The fourth-order valence-electron chi connectivity index (χ4n) is 6.96. The zero-order valence-corrected chi connectivity index (χ0v) is 32.7. The van der Waals surface area contributed by atoms with Gasteiger partial charge in [0.05, 0.1) is 37.1 Å². The molecule has 300 valence electrons. The molecule has 3 aromatic rings. The number of hydrogen-bond acceptors (Lipinski definition) is 11. The number of nitrogens with zero attached hydrogens (tertiary/aromatic N) is 4. The first kappa shape index (κ1) is 43.6. The zero-order chi connectivity index (χ0) is 39.0. The number of phosphoric acid groups is 1. The van der Waals surface area contributed by atoms with Gasteiger partial charge in [0.2, 0.25) is 0 Å². The molecule has 0 amide bonds. The largest absolute Gasteiger partial charge is 0.488 e. The number of aliphatic hydroxyl groups is 2. The van der Waals surface area contributed by atoms with Gasteiger partial charge >= 0.3 is 7.82 Å². The zero-order valence-electron chi connectivity index (χ0n) is 31.8. The first-order valence-electron chi connectivity index (χ1n) is 19.5. The van der Waals surface area contributed by atoms with E-state index in [2.05, 4.69) is 17.0 Å². The number of nitriles is 1. The van der Waals surface area contributed by atoms with Crippen LogP contribution < -0.4 is 10.5 Å². The van der Waals surface area contributed by atoms with E-state index in [0.29, 0.717) is 11.9 Å². The lowest BCUT2D eigenvalue weighted by Crippen LogP contribution is -2.49. The number of fused-ring (bicyclic) bond motifs is 1. The molecule has 54 heavy (non-hydrogen) atoms. The summed E-state index contributed by atoms with van der Waals surface area (Å²) >= 11 is 0. The molecule has 5 N–H and O–H groups in total. The molecule has 2 unspecified atom stereocenters. The van der Waals surface area contributed by atoms with Gasteiger partial charge in [0, 0.05) is 6.07 Å². The normalized spacial score (nSPS) is 21.6. The summed E-state index contributed by atoms with van der Waals surface area (Å²) in [7, 11) is -4.74. The second-order valence-corrected chi connectivity index (χ2v) is 16.2. The molecular formula is C39H59FN5O8P. The summed E-state index contributed by atoms with van der Waals surface area (Å²) < 4.78 is 50.9. The summed E-state index contributed by atoms with van der Waals surface area (Å²) in [6.07, 6.45) is 18.9. The highest BCUT2D eigenvalue weighted by Crippen LogP contribution is 2.48. The van der Waals surface area contributed by atoms with Crippen LogP contribution >= 0.6 is 7.82 Å². The first-order valence-corrected chi connectivity index (χ1v) is 21.0. The number of nitrogen functional groups attached to an aromatic ring is 1. The Morgan fingerprint density at radius 3 is 2.24 bits per heavy atom. The molecule has 0 saturated carbocycles. The molecule has 4 rings (SSSR count). The van der Waals surface area contributed by atoms with Crippen LogP contribution in [0.2, 0.25) is 0 Å². The number of rotatable bonds is 26. The van der Waals surface area contributed by atoms with Gasteiger partial charge < -0.3 is 30.3 Å². The van der Waals surface area contributed by atoms with Gasteiger partial charge in [0.15, 0.2) is 11.4 Å². The van der Waals surface area contributed by atoms with E-state index in [1.807, 2.05) is 6.07 Å². The van der Waals surface area contributed by atoms with Gasteiger partial charge in [-0.15, -0.1) is 0 Å².